The van der Waals surface area contributed by atoms with E-state index >= 15 is 0 Å². The second kappa shape index (κ2) is 4.62. The van der Waals surface area contributed by atoms with Crippen molar-refractivity contribution in [1.29, 1.82) is 0 Å². The first-order chi connectivity index (χ1) is 8.93. The number of imidazole rings is 1. The van der Waals surface area contributed by atoms with Crippen molar-refractivity contribution in [2.24, 2.45) is 0 Å². The summed E-state index contributed by atoms with van der Waals surface area (Å²) in [5.41, 5.74) is 0.870. The van der Waals surface area contributed by atoms with Gasteiger partial charge in [-0.1, -0.05) is 0 Å². The third-order valence-electron chi connectivity index (χ3n) is 2.36. The van der Waals surface area contributed by atoms with Crippen LogP contribution in [0, 0.1) is 0 Å². The molecule has 6 nitrogen and oxygen atoms in total. The van der Waals surface area contributed by atoms with Crippen molar-refractivity contribution in [2.45, 2.75) is 0 Å². The second-order valence-electron chi connectivity index (χ2n) is 3.53. The Balaban J connectivity index is 1.98. The van der Waals surface area contributed by atoms with Gasteiger partial charge < -0.3 is 10.3 Å². The molecule has 0 atom stereocenters. The lowest BCUT2D eigenvalue weighted by Gasteiger charge is -2.07. The van der Waals surface area contributed by atoms with Gasteiger partial charge in [0.25, 0.3) is 0 Å². The number of nitrogens with one attached hydrogen (secondary N) is 2. The quantitative estimate of drug-likeness (QED) is 0.729. The molecule has 0 amide bonds. The summed E-state index contributed by atoms with van der Waals surface area (Å²) in [6.07, 6.45) is 8.52. The van der Waals surface area contributed by atoms with Crippen molar-refractivity contribution in [2.75, 3.05) is 5.32 Å². The molecular formula is C12H10N6. The molecular weight excluding hydrogens is 228 g/mol. The van der Waals surface area contributed by atoms with Gasteiger partial charge in [-0.25, -0.2) is 19.9 Å². The number of anilines is 2. The minimum Gasteiger partial charge on any atom is -0.345 e. The molecule has 0 fully saturated rings. The van der Waals surface area contributed by atoms with Crippen LogP contribution in [0.5, 0.6) is 0 Å². The number of aromatic amines is 1. The Kier molecular flexibility index (Phi) is 2.67. The van der Waals surface area contributed by atoms with Crippen molar-refractivity contribution in [3.05, 3.63) is 49.2 Å². The lowest BCUT2D eigenvalue weighted by molar-refractivity contribution is 1.14. The number of H-pyrrole nitrogens is 1. The van der Waals surface area contributed by atoms with Crippen molar-refractivity contribution in [1.82, 2.24) is 24.9 Å². The molecule has 0 saturated heterocycles. The minimum absolute atomic E-state index is 0.504. The fourth-order valence-electron chi connectivity index (χ4n) is 1.58. The number of hydrogen-bond acceptors (Lipinski definition) is 5. The molecule has 3 heterocycles. The molecule has 0 bridgehead atoms. The van der Waals surface area contributed by atoms with Crippen LogP contribution in [0.25, 0.3) is 11.4 Å². The third-order valence-corrected chi connectivity index (χ3v) is 2.36. The molecule has 18 heavy (non-hydrogen) atoms. The summed E-state index contributed by atoms with van der Waals surface area (Å²) >= 11 is 0. The normalized spacial score (nSPS) is 10.2. The fourth-order valence-corrected chi connectivity index (χ4v) is 1.58. The van der Waals surface area contributed by atoms with Crippen LogP contribution in [0.3, 0.4) is 0 Å². The first kappa shape index (κ1) is 10.4. The summed E-state index contributed by atoms with van der Waals surface area (Å²) in [5.74, 6) is 1.92. The fraction of sp³-hybridized carbons (Fsp3) is 0. The van der Waals surface area contributed by atoms with Crippen LogP contribution in [0.1, 0.15) is 0 Å². The topological polar surface area (TPSA) is 79.4 Å². The summed E-state index contributed by atoms with van der Waals surface area (Å²) in [6.45, 7) is 0. The Labute approximate surface area is 103 Å². The van der Waals surface area contributed by atoms with E-state index in [2.05, 4.69) is 30.2 Å². The van der Waals surface area contributed by atoms with Crippen LogP contribution < -0.4 is 5.32 Å². The standard InChI is InChI=1S/C12H10N6/c1-3-9(10-14-7-8-15-10)11(13-4-1)18-12-16-5-2-6-17-12/h1-8H,(H,14,15)(H,13,16,17,18). The molecule has 3 rings (SSSR count). The molecule has 88 valence electrons. The van der Waals surface area contributed by atoms with Gasteiger partial charge in [0.15, 0.2) is 0 Å². The molecule has 3 aromatic heterocycles. The van der Waals surface area contributed by atoms with Crippen LogP contribution in [-0.4, -0.2) is 24.9 Å². The van der Waals surface area contributed by atoms with Crippen molar-refractivity contribution in [3.8, 4) is 11.4 Å². The van der Waals surface area contributed by atoms with Gasteiger partial charge in [-0.3, -0.25) is 0 Å². The van der Waals surface area contributed by atoms with Crippen molar-refractivity contribution < 1.29 is 0 Å². The Morgan fingerprint density at radius 1 is 0.889 bits per heavy atom. The maximum atomic E-state index is 4.28. The van der Waals surface area contributed by atoms with Crippen LogP contribution in [0.4, 0.5) is 11.8 Å². The minimum atomic E-state index is 0.504. The highest BCUT2D eigenvalue weighted by Gasteiger charge is 2.08. The molecule has 0 unspecified atom stereocenters. The molecule has 0 aliphatic heterocycles. The zero-order valence-corrected chi connectivity index (χ0v) is 9.41. The Morgan fingerprint density at radius 3 is 2.50 bits per heavy atom. The lowest BCUT2D eigenvalue weighted by Crippen LogP contribution is -2.00. The zero-order chi connectivity index (χ0) is 12.2. The van der Waals surface area contributed by atoms with Gasteiger partial charge in [0.05, 0.1) is 5.56 Å². The molecule has 0 spiro atoms. The summed E-state index contributed by atoms with van der Waals surface area (Å²) in [5, 5.41) is 3.07. The largest absolute Gasteiger partial charge is 0.345 e. The van der Waals surface area contributed by atoms with Crippen LogP contribution >= 0.6 is 0 Å². The average Bonchev–Trinajstić information content (AvgIpc) is 2.94. The molecule has 0 saturated carbocycles. The summed E-state index contributed by atoms with van der Waals surface area (Å²) in [4.78, 5) is 19.7. The molecule has 0 radical (unpaired) electrons. The van der Waals surface area contributed by atoms with E-state index in [1.165, 1.54) is 0 Å². The highest BCUT2D eigenvalue weighted by molar-refractivity contribution is 5.72. The number of hydrogen-bond donors (Lipinski definition) is 2. The molecule has 6 heteroatoms. The molecule has 0 aromatic carbocycles. The van der Waals surface area contributed by atoms with E-state index in [0.717, 1.165) is 11.4 Å². The Morgan fingerprint density at radius 2 is 1.72 bits per heavy atom. The Bertz CT molecular complexity index is 620. The number of rotatable bonds is 3. The lowest BCUT2D eigenvalue weighted by atomic mass is 10.2. The zero-order valence-electron chi connectivity index (χ0n) is 9.41. The first-order valence-corrected chi connectivity index (χ1v) is 5.42. The van der Waals surface area contributed by atoms with Crippen molar-refractivity contribution in [3.63, 3.8) is 0 Å². The summed E-state index contributed by atoms with van der Waals surface area (Å²) < 4.78 is 0. The van der Waals surface area contributed by atoms with E-state index in [-0.39, 0.29) is 0 Å². The molecule has 0 aliphatic carbocycles. The van der Waals surface area contributed by atoms with Gasteiger partial charge in [0, 0.05) is 31.0 Å². The maximum absolute atomic E-state index is 4.28. The SMILES string of the molecule is c1cnc(Nc2ncccc2-c2ncc[nH]2)nc1. The van der Waals surface area contributed by atoms with Gasteiger partial charge >= 0.3 is 0 Å². The van der Waals surface area contributed by atoms with Crippen molar-refractivity contribution >= 4 is 11.8 Å². The molecule has 3 aromatic rings. The van der Waals surface area contributed by atoms with Gasteiger partial charge in [-0.05, 0) is 18.2 Å². The van der Waals surface area contributed by atoms with Gasteiger partial charge in [0.1, 0.15) is 11.6 Å². The first-order valence-electron chi connectivity index (χ1n) is 5.42. The van der Waals surface area contributed by atoms with E-state index in [4.69, 9.17) is 0 Å². The third kappa shape index (κ3) is 2.03. The van der Waals surface area contributed by atoms with Gasteiger partial charge in [-0.15, -0.1) is 0 Å². The maximum Gasteiger partial charge on any atom is 0.228 e. The molecule has 2 N–H and O–H groups in total. The highest BCUT2D eigenvalue weighted by atomic mass is 15.1. The predicted octanol–water partition coefficient (Wildman–Crippen LogP) is 2.01. The summed E-state index contributed by atoms with van der Waals surface area (Å²) in [6, 6.07) is 5.54. The van der Waals surface area contributed by atoms with E-state index in [0.29, 0.717) is 11.8 Å². The number of pyridine rings is 1. The summed E-state index contributed by atoms with van der Waals surface area (Å²) in [7, 11) is 0. The number of aromatic nitrogens is 5. The van der Waals surface area contributed by atoms with Crippen LogP contribution in [-0.2, 0) is 0 Å². The van der Waals surface area contributed by atoms with E-state index in [1.807, 2.05) is 12.1 Å². The Hall–Kier alpha value is -2.76. The van der Waals surface area contributed by atoms with Gasteiger partial charge in [-0.2, -0.15) is 0 Å². The second-order valence-corrected chi connectivity index (χ2v) is 3.53. The smallest absolute Gasteiger partial charge is 0.228 e. The van der Waals surface area contributed by atoms with E-state index in [9.17, 15) is 0 Å². The molecule has 0 aliphatic rings. The monoisotopic (exact) mass is 238 g/mol. The number of nitrogens with zero attached hydrogens (tertiary/aromatic N) is 4. The van der Waals surface area contributed by atoms with E-state index in [1.54, 1.807) is 37.1 Å². The van der Waals surface area contributed by atoms with E-state index < -0.39 is 0 Å². The van der Waals surface area contributed by atoms with Crippen LogP contribution in [0.15, 0.2) is 49.2 Å². The predicted molar refractivity (Wildman–Crippen MR) is 67.1 cm³/mol. The van der Waals surface area contributed by atoms with Crippen LogP contribution in [0.2, 0.25) is 0 Å². The average molecular weight is 238 g/mol. The highest BCUT2D eigenvalue weighted by Crippen LogP contribution is 2.23. The van der Waals surface area contributed by atoms with Gasteiger partial charge in [0.2, 0.25) is 5.95 Å².